The Morgan fingerprint density at radius 3 is 2.83 bits per heavy atom. The predicted molar refractivity (Wildman–Crippen MR) is 111 cm³/mol. The first kappa shape index (κ1) is 19.1. The maximum absolute atomic E-state index is 12.0. The van der Waals surface area contributed by atoms with Crippen molar-refractivity contribution < 1.29 is 14.3 Å². The number of methoxy groups -OCH3 is 1. The summed E-state index contributed by atoms with van der Waals surface area (Å²) >= 11 is 1.45. The van der Waals surface area contributed by atoms with Crippen LogP contribution in [0.5, 0.6) is 11.5 Å². The van der Waals surface area contributed by atoms with Crippen LogP contribution in [0.2, 0.25) is 0 Å². The standard InChI is InChI=1S/C21H19N3O4S/c1-3-13-8-15-14(9-20(26)28-19(15)10-17(13)25)11-29-21-23-22-12-24(21)16-6-4-5-7-18(16)27-2/h4-10,12,25H,3,11H2,1-2H3. The molecule has 4 rings (SSSR count). The van der Waals surface area contributed by atoms with E-state index in [0.717, 1.165) is 22.2 Å². The monoisotopic (exact) mass is 409 g/mol. The van der Waals surface area contributed by atoms with E-state index in [2.05, 4.69) is 10.2 Å². The van der Waals surface area contributed by atoms with Crippen LogP contribution >= 0.6 is 11.8 Å². The van der Waals surface area contributed by atoms with Crippen LogP contribution in [0.1, 0.15) is 18.1 Å². The van der Waals surface area contributed by atoms with E-state index < -0.39 is 5.63 Å². The predicted octanol–water partition coefficient (Wildman–Crippen LogP) is 3.94. The molecule has 0 radical (unpaired) electrons. The molecule has 0 amide bonds. The maximum atomic E-state index is 12.0. The normalized spacial score (nSPS) is 11.1. The lowest BCUT2D eigenvalue weighted by molar-refractivity contribution is 0.412. The fourth-order valence-corrected chi connectivity index (χ4v) is 4.08. The number of thioether (sulfide) groups is 1. The number of phenols is 1. The molecule has 0 saturated heterocycles. The zero-order valence-corrected chi connectivity index (χ0v) is 16.8. The lowest BCUT2D eigenvalue weighted by Crippen LogP contribution is -2.02. The van der Waals surface area contributed by atoms with Gasteiger partial charge in [0.1, 0.15) is 23.4 Å². The highest BCUT2D eigenvalue weighted by molar-refractivity contribution is 7.98. The Morgan fingerprint density at radius 2 is 2.03 bits per heavy atom. The first-order valence-electron chi connectivity index (χ1n) is 9.05. The summed E-state index contributed by atoms with van der Waals surface area (Å²) in [7, 11) is 1.62. The number of nitrogens with zero attached hydrogens (tertiary/aromatic N) is 3. The molecule has 2 aromatic carbocycles. The van der Waals surface area contributed by atoms with Gasteiger partial charge in [-0.15, -0.1) is 10.2 Å². The molecule has 0 atom stereocenters. The molecule has 0 saturated carbocycles. The van der Waals surface area contributed by atoms with Gasteiger partial charge >= 0.3 is 5.63 Å². The SMILES string of the molecule is CCc1cc2c(CSc3nncn3-c3ccccc3OC)cc(=O)oc2cc1O. The van der Waals surface area contributed by atoms with Crippen molar-refractivity contribution in [2.45, 2.75) is 24.3 Å². The zero-order chi connectivity index (χ0) is 20.4. The number of fused-ring (bicyclic) bond motifs is 1. The van der Waals surface area contributed by atoms with Crippen molar-refractivity contribution in [3.05, 3.63) is 70.3 Å². The molecule has 8 heteroatoms. The Kier molecular flexibility index (Phi) is 5.26. The van der Waals surface area contributed by atoms with E-state index in [-0.39, 0.29) is 5.75 Å². The molecule has 0 aliphatic carbocycles. The maximum Gasteiger partial charge on any atom is 0.336 e. The Labute approximate surface area is 171 Å². The number of aromatic nitrogens is 3. The van der Waals surface area contributed by atoms with Gasteiger partial charge in [-0.2, -0.15) is 0 Å². The van der Waals surface area contributed by atoms with Gasteiger partial charge in [-0.3, -0.25) is 4.57 Å². The summed E-state index contributed by atoms with van der Waals surface area (Å²) in [5.74, 6) is 1.33. The first-order valence-corrected chi connectivity index (χ1v) is 10.0. The van der Waals surface area contributed by atoms with E-state index in [1.54, 1.807) is 13.4 Å². The summed E-state index contributed by atoms with van der Waals surface area (Å²) in [6, 6.07) is 12.5. The molecule has 7 nitrogen and oxygen atoms in total. The molecule has 29 heavy (non-hydrogen) atoms. The zero-order valence-electron chi connectivity index (χ0n) is 16.0. The number of ether oxygens (including phenoxy) is 1. The molecule has 2 aromatic heterocycles. The summed E-state index contributed by atoms with van der Waals surface area (Å²) < 4.78 is 12.6. The number of hydrogen-bond donors (Lipinski definition) is 1. The smallest absolute Gasteiger partial charge is 0.336 e. The molecule has 0 aliphatic heterocycles. The highest BCUT2D eigenvalue weighted by Gasteiger charge is 2.14. The molecule has 148 valence electrons. The summed E-state index contributed by atoms with van der Waals surface area (Å²) in [6.07, 6.45) is 2.31. The van der Waals surface area contributed by atoms with E-state index in [0.29, 0.717) is 28.7 Å². The quantitative estimate of drug-likeness (QED) is 0.381. The largest absolute Gasteiger partial charge is 0.508 e. The highest BCUT2D eigenvalue weighted by Crippen LogP contribution is 2.32. The second-order valence-electron chi connectivity index (χ2n) is 6.37. The average Bonchev–Trinajstić information content (AvgIpc) is 3.19. The van der Waals surface area contributed by atoms with Crippen molar-refractivity contribution in [2.24, 2.45) is 0 Å². The summed E-state index contributed by atoms with van der Waals surface area (Å²) in [5.41, 5.74) is 2.36. The molecule has 0 aliphatic rings. The van der Waals surface area contributed by atoms with Crippen LogP contribution in [-0.2, 0) is 12.2 Å². The van der Waals surface area contributed by atoms with Crippen LogP contribution in [0.3, 0.4) is 0 Å². The summed E-state index contributed by atoms with van der Waals surface area (Å²) in [5, 5.41) is 19.8. The Balaban J connectivity index is 1.70. The average molecular weight is 409 g/mol. The Hall–Kier alpha value is -3.26. The third kappa shape index (κ3) is 3.71. The number of rotatable bonds is 6. The van der Waals surface area contributed by atoms with Crippen molar-refractivity contribution >= 4 is 22.7 Å². The van der Waals surface area contributed by atoms with Gasteiger partial charge in [-0.25, -0.2) is 4.79 Å². The van der Waals surface area contributed by atoms with Crippen molar-refractivity contribution in [3.8, 4) is 17.2 Å². The molecular formula is C21H19N3O4S. The van der Waals surface area contributed by atoms with Crippen LogP contribution in [0, 0.1) is 0 Å². The van der Waals surface area contributed by atoms with Crippen LogP contribution in [0.15, 0.2) is 63.2 Å². The lowest BCUT2D eigenvalue weighted by atomic mass is 10.1. The molecule has 2 heterocycles. The summed E-state index contributed by atoms with van der Waals surface area (Å²) in [4.78, 5) is 12.0. The molecule has 4 aromatic rings. The van der Waals surface area contributed by atoms with Crippen LogP contribution < -0.4 is 10.4 Å². The number of benzene rings is 2. The van der Waals surface area contributed by atoms with Crippen molar-refractivity contribution in [1.82, 2.24) is 14.8 Å². The Morgan fingerprint density at radius 1 is 1.21 bits per heavy atom. The molecule has 1 N–H and O–H groups in total. The van der Waals surface area contributed by atoms with Gasteiger partial charge in [0.15, 0.2) is 5.16 Å². The number of hydrogen-bond acceptors (Lipinski definition) is 7. The van der Waals surface area contributed by atoms with Crippen molar-refractivity contribution in [3.63, 3.8) is 0 Å². The first-order chi connectivity index (χ1) is 14.1. The van der Waals surface area contributed by atoms with Gasteiger partial charge < -0.3 is 14.3 Å². The fraction of sp³-hybridized carbons (Fsp3) is 0.190. The van der Waals surface area contributed by atoms with E-state index >= 15 is 0 Å². The van der Waals surface area contributed by atoms with Crippen LogP contribution in [-0.4, -0.2) is 27.0 Å². The third-order valence-corrected chi connectivity index (χ3v) is 5.62. The second-order valence-corrected chi connectivity index (χ2v) is 7.31. The van der Waals surface area contributed by atoms with Gasteiger partial charge in [0, 0.05) is 23.3 Å². The van der Waals surface area contributed by atoms with Crippen LogP contribution in [0.4, 0.5) is 0 Å². The van der Waals surface area contributed by atoms with Crippen molar-refractivity contribution in [2.75, 3.05) is 7.11 Å². The van der Waals surface area contributed by atoms with Crippen LogP contribution in [0.25, 0.3) is 16.7 Å². The van der Waals surface area contributed by atoms with E-state index in [1.807, 2.05) is 41.8 Å². The fourth-order valence-electron chi connectivity index (χ4n) is 3.17. The number of para-hydroxylation sites is 2. The number of aromatic hydroxyl groups is 1. The highest BCUT2D eigenvalue weighted by atomic mass is 32.2. The minimum absolute atomic E-state index is 0.129. The van der Waals surface area contributed by atoms with Crippen molar-refractivity contribution in [1.29, 1.82) is 0 Å². The van der Waals surface area contributed by atoms with Gasteiger partial charge in [0.25, 0.3) is 0 Å². The molecule has 0 fully saturated rings. The van der Waals surface area contributed by atoms with Gasteiger partial charge in [-0.1, -0.05) is 30.8 Å². The van der Waals surface area contributed by atoms with Gasteiger partial charge in [0.2, 0.25) is 0 Å². The molecule has 0 spiro atoms. The van der Waals surface area contributed by atoms with E-state index in [9.17, 15) is 9.90 Å². The third-order valence-electron chi connectivity index (χ3n) is 4.63. The minimum atomic E-state index is -0.456. The van der Waals surface area contributed by atoms with E-state index in [4.69, 9.17) is 9.15 Å². The molecule has 0 unspecified atom stereocenters. The summed E-state index contributed by atoms with van der Waals surface area (Å²) in [6.45, 7) is 1.96. The minimum Gasteiger partial charge on any atom is -0.508 e. The van der Waals surface area contributed by atoms with Gasteiger partial charge in [0.05, 0.1) is 12.8 Å². The second kappa shape index (κ2) is 8.00. The number of aryl methyl sites for hydroxylation is 1. The number of phenolic OH excluding ortho intramolecular Hbond substituents is 1. The lowest BCUT2D eigenvalue weighted by Gasteiger charge is -2.11. The topological polar surface area (TPSA) is 90.4 Å². The Bertz CT molecular complexity index is 1230. The van der Waals surface area contributed by atoms with E-state index in [1.165, 1.54) is 23.9 Å². The van der Waals surface area contributed by atoms with Gasteiger partial charge in [-0.05, 0) is 35.7 Å². The molecule has 0 bridgehead atoms. The molecular weight excluding hydrogens is 390 g/mol.